The standard InChI is InChI=1S/2C18H15P.C7H6.2ClH.Ru/c2*1-4-10-16(11-5-1)19(17-12-6-2-7-13-17)18-14-8-3-9-15-18;1-7-5-3-2-4-6-7;;;/h2*1-15H;1-6H;2*1H;/q;;;;;+2/p-2. The molecular weight excluding hydrogens is 750 g/mol. The summed E-state index contributed by atoms with van der Waals surface area (Å²) in [7, 11) is -0.892. The molecule has 0 radical (unpaired) electrons. The first kappa shape index (κ1) is 38.9. The smallest absolute Gasteiger partial charge is 0.0134 e. The second kappa shape index (κ2) is 22.2. The minimum atomic E-state index is -0.446. The molecule has 0 unspecified atom stereocenters. The van der Waals surface area contributed by atoms with E-state index in [9.17, 15) is 0 Å². The number of rotatable bonds is 7. The fraction of sp³-hybridized carbons (Fsp3) is 0. The third-order valence-electron chi connectivity index (χ3n) is 7.00. The van der Waals surface area contributed by atoms with E-state index in [4.69, 9.17) is 0 Å². The quantitative estimate of drug-likeness (QED) is 0.172. The Hall–Kier alpha value is -3.53. The molecule has 0 aliphatic rings. The van der Waals surface area contributed by atoms with E-state index in [-0.39, 0.29) is 24.8 Å². The Morgan fingerprint density at radius 3 is 0.583 bits per heavy atom. The van der Waals surface area contributed by atoms with Crippen molar-refractivity contribution in [3.8, 4) is 0 Å². The molecule has 0 nitrogen and oxygen atoms in total. The summed E-state index contributed by atoms with van der Waals surface area (Å²) >= 11 is 2.48. The Kier molecular flexibility index (Phi) is 18.0. The Labute approximate surface area is 310 Å². The van der Waals surface area contributed by atoms with Crippen molar-refractivity contribution in [1.29, 1.82) is 0 Å². The summed E-state index contributed by atoms with van der Waals surface area (Å²) in [5, 5.41) is 8.39. The van der Waals surface area contributed by atoms with Gasteiger partial charge < -0.3 is 24.8 Å². The Morgan fingerprint density at radius 1 is 0.271 bits per heavy atom. The van der Waals surface area contributed by atoms with Crippen molar-refractivity contribution >= 4 is 52.3 Å². The van der Waals surface area contributed by atoms with Crippen LogP contribution in [0.4, 0.5) is 0 Å². The molecule has 5 heteroatoms. The molecule has 0 amide bonds. The van der Waals surface area contributed by atoms with E-state index < -0.39 is 15.8 Å². The first-order valence-electron chi connectivity index (χ1n) is 15.2. The Bertz CT molecular complexity index is 1520. The summed E-state index contributed by atoms with van der Waals surface area (Å²) in [6.45, 7) is 0. The SMILES string of the molecule is [Cl-].[Cl-].[Ru+2]=[CH]c1ccccc1.c1ccc(P(c2ccccc2)c2ccccc2)cc1.c1ccc(P(c2ccccc2)c2ccccc2)cc1. The molecule has 0 bridgehead atoms. The number of halogens is 2. The zero-order chi connectivity index (χ0) is 31.7. The molecule has 0 atom stereocenters. The van der Waals surface area contributed by atoms with Crippen molar-refractivity contribution in [2.45, 2.75) is 0 Å². The van der Waals surface area contributed by atoms with Crippen molar-refractivity contribution in [3.05, 3.63) is 218 Å². The average Bonchev–Trinajstić information content (AvgIpc) is 3.15. The summed E-state index contributed by atoms with van der Waals surface area (Å²) in [5.41, 5.74) is 1.25. The fourth-order valence-electron chi connectivity index (χ4n) is 4.88. The summed E-state index contributed by atoms with van der Waals surface area (Å²) in [5.74, 6) is 0. The van der Waals surface area contributed by atoms with Crippen LogP contribution in [0.1, 0.15) is 5.56 Å². The van der Waals surface area contributed by atoms with Crippen LogP contribution in [-0.4, -0.2) is 4.61 Å². The van der Waals surface area contributed by atoms with Gasteiger partial charge in [0.2, 0.25) is 0 Å². The van der Waals surface area contributed by atoms with Crippen LogP contribution in [0, 0.1) is 0 Å². The van der Waals surface area contributed by atoms with Crippen molar-refractivity contribution in [1.82, 2.24) is 0 Å². The Morgan fingerprint density at radius 2 is 0.438 bits per heavy atom. The first-order valence-corrected chi connectivity index (χ1v) is 18.9. The minimum Gasteiger partial charge on any atom is -0.0622 e. The van der Waals surface area contributed by atoms with E-state index in [1.807, 2.05) is 22.8 Å². The molecule has 0 saturated heterocycles. The van der Waals surface area contributed by atoms with Crippen molar-refractivity contribution in [3.63, 3.8) is 0 Å². The molecule has 0 aliphatic heterocycles. The van der Waals surface area contributed by atoms with E-state index >= 15 is 0 Å². The fourth-order valence-corrected chi connectivity index (χ4v) is 9.82. The van der Waals surface area contributed by atoms with E-state index in [0.29, 0.717) is 0 Å². The van der Waals surface area contributed by atoms with Crippen LogP contribution in [0.5, 0.6) is 0 Å². The molecule has 7 rings (SSSR count). The number of hydrogen-bond donors (Lipinski definition) is 0. The Balaban J connectivity index is 0.000000206. The summed E-state index contributed by atoms with van der Waals surface area (Å²) in [4.78, 5) is 0. The van der Waals surface area contributed by atoms with Gasteiger partial charge in [0, 0.05) is 0 Å². The topological polar surface area (TPSA) is 0 Å². The van der Waals surface area contributed by atoms with Gasteiger partial charge >= 0.3 is 58.4 Å². The zero-order valence-electron chi connectivity index (χ0n) is 26.3. The molecule has 48 heavy (non-hydrogen) atoms. The van der Waals surface area contributed by atoms with E-state index in [0.717, 1.165) is 0 Å². The second-order valence-electron chi connectivity index (χ2n) is 10.2. The monoisotopic (exact) mass is 786 g/mol. The third kappa shape index (κ3) is 11.9. The average molecular weight is 787 g/mol. The van der Waals surface area contributed by atoms with Crippen LogP contribution in [0.3, 0.4) is 0 Å². The van der Waals surface area contributed by atoms with Crippen LogP contribution in [0.15, 0.2) is 212 Å². The molecule has 7 aromatic carbocycles. The summed E-state index contributed by atoms with van der Waals surface area (Å²) < 4.78 is 2.01. The largest absolute Gasteiger partial charge is 0.0622 e. The maximum absolute atomic E-state index is 2.48. The first-order chi connectivity index (χ1) is 22.8. The van der Waals surface area contributed by atoms with Crippen molar-refractivity contribution in [2.75, 3.05) is 0 Å². The maximum Gasteiger partial charge on any atom is -0.0134 e. The third-order valence-corrected chi connectivity index (χ3v) is 12.5. The van der Waals surface area contributed by atoms with Gasteiger partial charge in [-0.05, 0) is 47.7 Å². The number of benzene rings is 7. The maximum atomic E-state index is 2.48. The predicted octanol–water partition coefficient (Wildman–Crippen LogP) is 2.28. The van der Waals surface area contributed by atoms with Crippen LogP contribution in [0.25, 0.3) is 0 Å². The zero-order valence-corrected chi connectivity index (χ0v) is 31.3. The van der Waals surface area contributed by atoms with E-state index in [1.165, 1.54) is 37.4 Å². The molecule has 0 spiro atoms. The van der Waals surface area contributed by atoms with Gasteiger partial charge in [0.25, 0.3) is 0 Å². The van der Waals surface area contributed by atoms with Gasteiger partial charge in [-0.3, -0.25) is 0 Å². The van der Waals surface area contributed by atoms with Gasteiger partial charge in [-0.25, -0.2) is 0 Å². The van der Waals surface area contributed by atoms with Gasteiger partial charge in [-0.2, -0.15) is 0 Å². The molecule has 0 saturated carbocycles. The van der Waals surface area contributed by atoms with Crippen molar-refractivity contribution in [2.24, 2.45) is 0 Å². The van der Waals surface area contributed by atoms with Gasteiger partial charge in [0.15, 0.2) is 0 Å². The van der Waals surface area contributed by atoms with Gasteiger partial charge in [0.1, 0.15) is 0 Å². The minimum absolute atomic E-state index is 0. The van der Waals surface area contributed by atoms with Crippen LogP contribution in [-0.2, 0) is 17.9 Å². The molecule has 0 aliphatic carbocycles. The molecule has 240 valence electrons. The van der Waals surface area contributed by atoms with E-state index in [1.54, 1.807) is 0 Å². The van der Waals surface area contributed by atoms with Crippen LogP contribution in [0.2, 0.25) is 0 Å². The van der Waals surface area contributed by atoms with Gasteiger partial charge in [-0.15, -0.1) is 0 Å². The summed E-state index contributed by atoms with van der Waals surface area (Å²) in [6, 6.07) is 74.8. The van der Waals surface area contributed by atoms with Gasteiger partial charge in [0.05, 0.1) is 0 Å². The van der Waals surface area contributed by atoms with Crippen LogP contribution < -0.4 is 56.6 Å². The molecule has 0 fully saturated rings. The van der Waals surface area contributed by atoms with Crippen molar-refractivity contribution < 1.29 is 42.7 Å². The normalized spacial score (nSPS) is 9.79. The van der Waals surface area contributed by atoms with Crippen LogP contribution >= 0.6 is 15.8 Å². The molecule has 0 aromatic heterocycles. The molecule has 0 N–H and O–H groups in total. The second-order valence-corrected chi connectivity index (χ2v) is 15.1. The molecule has 0 heterocycles. The predicted molar refractivity (Wildman–Crippen MR) is 202 cm³/mol. The molecule has 7 aromatic rings. The molecular formula is C43H36Cl2P2Ru. The van der Waals surface area contributed by atoms with E-state index in [2.05, 4.69) is 212 Å². The number of hydrogen-bond acceptors (Lipinski definition) is 0. The summed E-state index contributed by atoms with van der Waals surface area (Å²) in [6.07, 6.45) is 0. The van der Waals surface area contributed by atoms with Gasteiger partial charge in [-0.1, -0.05) is 182 Å².